The van der Waals surface area contributed by atoms with E-state index in [-0.39, 0.29) is 22.0 Å². The third-order valence-electron chi connectivity index (χ3n) is 2.31. The van der Waals surface area contributed by atoms with E-state index in [2.05, 4.69) is 5.10 Å². The second-order valence-electron chi connectivity index (χ2n) is 3.45. The summed E-state index contributed by atoms with van der Waals surface area (Å²) in [6.07, 6.45) is 1.30. The molecule has 0 aliphatic rings. The summed E-state index contributed by atoms with van der Waals surface area (Å²) in [5, 5.41) is 3.88. The zero-order valence-corrected chi connectivity index (χ0v) is 11.5. The molecule has 1 aromatic rings. The van der Waals surface area contributed by atoms with Gasteiger partial charge in [-0.15, -0.1) is 11.6 Å². The molecule has 92 valence electrons. The van der Waals surface area contributed by atoms with Crippen molar-refractivity contribution >= 4 is 33.2 Å². The number of rotatable bonds is 4. The highest BCUT2D eigenvalue weighted by Gasteiger charge is 2.30. The van der Waals surface area contributed by atoms with Crippen LogP contribution in [0.2, 0.25) is 5.02 Å². The lowest BCUT2D eigenvalue weighted by Crippen LogP contribution is -2.37. The molecule has 1 aromatic heterocycles. The van der Waals surface area contributed by atoms with Crippen molar-refractivity contribution in [3.8, 4) is 0 Å². The molecular weight excluding hydrogens is 273 g/mol. The van der Waals surface area contributed by atoms with Gasteiger partial charge in [-0.05, 0) is 6.92 Å². The van der Waals surface area contributed by atoms with Crippen LogP contribution in [0.1, 0.15) is 6.92 Å². The van der Waals surface area contributed by atoms with Crippen LogP contribution in [0.5, 0.6) is 0 Å². The number of hydrogen-bond acceptors (Lipinski definition) is 3. The van der Waals surface area contributed by atoms with E-state index in [1.165, 1.54) is 29.3 Å². The van der Waals surface area contributed by atoms with E-state index < -0.39 is 10.0 Å². The number of nitrogens with zero attached hydrogens (tertiary/aromatic N) is 3. The highest BCUT2D eigenvalue weighted by molar-refractivity contribution is 7.89. The summed E-state index contributed by atoms with van der Waals surface area (Å²) in [6, 6.07) is -0.308. The van der Waals surface area contributed by atoms with Crippen LogP contribution in [0.15, 0.2) is 11.2 Å². The second kappa shape index (κ2) is 4.91. The highest BCUT2D eigenvalue weighted by atomic mass is 35.5. The molecular formula is C8H13Cl2N3O2S. The Hall–Kier alpha value is -0.300. The zero-order chi connectivity index (χ0) is 12.5. The topological polar surface area (TPSA) is 55.2 Å². The molecule has 0 aromatic carbocycles. The molecule has 8 heteroatoms. The maximum absolute atomic E-state index is 12.2. The van der Waals surface area contributed by atoms with E-state index in [9.17, 15) is 8.42 Å². The first-order valence-corrected chi connectivity index (χ1v) is 6.89. The Balaban J connectivity index is 3.22. The fourth-order valence-corrected chi connectivity index (χ4v) is 3.41. The Labute approximate surface area is 105 Å². The average Bonchev–Trinajstić information content (AvgIpc) is 2.56. The molecule has 0 N–H and O–H groups in total. The summed E-state index contributed by atoms with van der Waals surface area (Å²) >= 11 is 11.4. The van der Waals surface area contributed by atoms with Crippen molar-refractivity contribution in [2.24, 2.45) is 7.05 Å². The number of sulfonamides is 1. The average molecular weight is 286 g/mol. The molecule has 5 nitrogen and oxygen atoms in total. The quantitative estimate of drug-likeness (QED) is 0.784. The van der Waals surface area contributed by atoms with E-state index in [1.807, 2.05) is 0 Å². The summed E-state index contributed by atoms with van der Waals surface area (Å²) in [4.78, 5) is 0. The van der Waals surface area contributed by atoms with Crippen molar-refractivity contribution in [1.82, 2.24) is 14.1 Å². The molecule has 0 radical (unpaired) electrons. The van der Waals surface area contributed by atoms with E-state index in [1.54, 1.807) is 6.92 Å². The smallest absolute Gasteiger partial charge is 0.255 e. The first kappa shape index (κ1) is 13.8. The third kappa shape index (κ3) is 2.34. The SMILES string of the molecule is CC(CCl)N(C)S(=O)(=O)c1c(Cl)cnn1C. The Morgan fingerprint density at radius 2 is 2.19 bits per heavy atom. The molecule has 0 fully saturated rings. The number of halogens is 2. The van der Waals surface area contributed by atoms with E-state index in [0.29, 0.717) is 0 Å². The summed E-state index contributed by atoms with van der Waals surface area (Å²) in [6.45, 7) is 1.72. The van der Waals surface area contributed by atoms with Gasteiger partial charge in [-0.3, -0.25) is 4.68 Å². The first-order chi connectivity index (χ1) is 7.32. The van der Waals surface area contributed by atoms with Gasteiger partial charge in [0.2, 0.25) is 0 Å². The lowest BCUT2D eigenvalue weighted by atomic mass is 10.4. The molecule has 0 amide bonds. The maximum Gasteiger partial charge on any atom is 0.261 e. The summed E-state index contributed by atoms with van der Waals surface area (Å²) < 4.78 is 26.7. The predicted octanol–water partition coefficient (Wildman–Crippen LogP) is 1.32. The monoisotopic (exact) mass is 285 g/mol. The molecule has 1 rings (SSSR count). The molecule has 0 aliphatic carbocycles. The minimum Gasteiger partial charge on any atom is -0.255 e. The number of alkyl halides is 1. The third-order valence-corrected chi connectivity index (χ3v) is 5.24. The van der Waals surface area contributed by atoms with Crippen LogP contribution in [0.3, 0.4) is 0 Å². The van der Waals surface area contributed by atoms with E-state index in [4.69, 9.17) is 23.2 Å². The van der Waals surface area contributed by atoms with Crippen LogP contribution in [0.25, 0.3) is 0 Å². The fraction of sp³-hybridized carbons (Fsp3) is 0.625. The van der Waals surface area contributed by atoms with Crippen LogP contribution in [-0.4, -0.2) is 41.5 Å². The van der Waals surface area contributed by atoms with Crippen molar-refractivity contribution in [3.05, 3.63) is 11.2 Å². The first-order valence-electron chi connectivity index (χ1n) is 4.53. The Kier molecular flexibility index (Phi) is 4.23. The van der Waals surface area contributed by atoms with Crippen molar-refractivity contribution in [3.63, 3.8) is 0 Å². The molecule has 0 saturated carbocycles. The van der Waals surface area contributed by atoms with Crippen LogP contribution in [-0.2, 0) is 17.1 Å². The van der Waals surface area contributed by atoms with Gasteiger partial charge in [0.05, 0.1) is 11.2 Å². The molecule has 0 bridgehead atoms. The van der Waals surface area contributed by atoms with Gasteiger partial charge in [0.1, 0.15) is 0 Å². The molecule has 1 heterocycles. The Bertz CT molecular complexity index is 452. The molecule has 1 unspecified atom stereocenters. The predicted molar refractivity (Wildman–Crippen MR) is 63.3 cm³/mol. The maximum atomic E-state index is 12.2. The van der Waals surface area contributed by atoms with Gasteiger partial charge in [0, 0.05) is 26.0 Å². The van der Waals surface area contributed by atoms with Gasteiger partial charge in [-0.25, -0.2) is 8.42 Å². The van der Waals surface area contributed by atoms with Gasteiger partial charge in [0.25, 0.3) is 10.0 Å². The Morgan fingerprint density at radius 3 is 2.56 bits per heavy atom. The standard InChI is InChI=1S/C8H13Cl2N3O2S/c1-6(4-9)13(3)16(14,15)8-7(10)5-11-12(8)2/h5-6H,4H2,1-3H3. The van der Waals surface area contributed by atoms with Crippen molar-refractivity contribution < 1.29 is 8.42 Å². The summed E-state index contributed by atoms with van der Waals surface area (Å²) in [5.74, 6) is 0.213. The zero-order valence-electron chi connectivity index (χ0n) is 9.18. The van der Waals surface area contributed by atoms with Crippen molar-refractivity contribution in [1.29, 1.82) is 0 Å². The van der Waals surface area contributed by atoms with E-state index in [0.717, 1.165) is 0 Å². The van der Waals surface area contributed by atoms with E-state index >= 15 is 0 Å². The largest absolute Gasteiger partial charge is 0.261 e. The molecule has 1 atom stereocenters. The molecule has 0 saturated heterocycles. The molecule has 0 spiro atoms. The molecule has 0 aliphatic heterocycles. The highest BCUT2D eigenvalue weighted by Crippen LogP contribution is 2.24. The number of aromatic nitrogens is 2. The van der Waals surface area contributed by atoms with Gasteiger partial charge >= 0.3 is 0 Å². The van der Waals surface area contributed by atoms with Gasteiger partial charge < -0.3 is 0 Å². The van der Waals surface area contributed by atoms with Crippen molar-refractivity contribution in [2.45, 2.75) is 18.0 Å². The van der Waals surface area contributed by atoms with Crippen LogP contribution >= 0.6 is 23.2 Å². The van der Waals surface area contributed by atoms with Crippen LogP contribution in [0.4, 0.5) is 0 Å². The van der Waals surface area contributed by atoms with Gasteiger partial charge in [-0.2, -0.15) is 9.40 Å². The lowest BCUT2D eigenvalue weighted by Gasteiger charge is -2.22. The Morgan fingerprint density at radius 1 is 1.62 bits per heavy atom. The van der Waals surface area contributed by atoms with Gasteiger partial charge in [-0.1, -0.05) is 11.6 Å². The van der Waals surface area contributed by atoms with Gasteiger partial charge in [0.15, 0.2) is 5.03 Å². The number of aryl methyl sites for hydroxylation is 1. The summed E-state index contributed by atoms with van der Waals surface area (Å²) in [7, 11) is -0.661. The minimum atomic E-state index is -3.65. The minimum absolute atomic E-state index is 0.0198. The fourth-order valence-electron chi connectivity index (χ4n) is 1.16. The second-order valence-corrected chi connectivity index (χ2v) is 6.07. The van der Waals surface area contributed by atoms with Crippen LogP contribution < -0.4 is 0 Å². The number of hydrogen-bond donors (Lipinski definition) is 0. The normalized spacial score (nSPS) is 14.4. The van der Waals surface area contributed by atoms with Crippen LogP contribution in [0, 0.1) is 0 Å². The molecule has 16 heavy (non-hydrogen) atoms. The lowest BCUT2D eigenvalue weighted by molar-refractivity contribution is 0.408. The van der Waals surface area contributed by atoms with Crippen molar-refractivity contribution in [2.75, 3.05) is 12.9 Å². The summed E-state index contributed by atoms with van der Waals surface area (Å²) in [5.41, 5.74) is 0.